The van der Waals surface area contributed by atoms with Gasteiger partial charge in [0.05, 0.1) is 17.6 Å². The van der Waals surface area contributed by atoms with E-state index < -0.39 is 17.9 Å². The van der Waals surface area contributed by atoms with Gasteiger partial charge < -0.3 is 26.2 Å². The second kappa shape index (κ2) is 8.37. The molecule has 2 aromatic heterocycles. The molecule has 1 unspecified atom stereocenters. The Labute approximate surface area is 187 Å². The summed E-state index contributed by atoms with van der Waals surface area (Å²) in [5.74, 6) is 0.955. The van der Waals surface area contributed by atoms with Crippen LogP contribution in [0.5, 0.6) is 0 Å². The Morgan fingerprint density at radius 3 is 2.58 bits per heavy atom. The molecule has 1 aliphatic heterocycles. The van der Waals surface area contributed by atoms with Crippen molar-refractivity contribution in [2.45, 2.75) is 51.0 Å². The van der Waals surface area contributed by atoms with Crippen LogP contribution in [0.3, 0.4) is 0 Å². The lowest BCUT2D eigenvalue weighted by Gasteiger charge is -2.37. The summed E-state index contributed by atoms with van der Waals surface area (Å²) in [5, 5.41) is 11.3. The molecule has 1 saturated carbocycles. The summed E-state index contributed by atoms with van der Waals surface area (Å²) in [4.78, 5) is 38.2. The molecule has 1 fully saturated rings. The standard InChI is InChI=1S/C20H23F3N8O2/c1-9-15-16(31(3)10(2)17(32)29-15)30-18(25-9)26-12-6-13(7-12)28-19(33)27-11-4-5-14(24-8-11)20(21,22)23/h4-5,8,10,12-13H,6-7H2,1-3H3,(H,29,32)(H,25,26,30)(H2,27,28,33). The zero-order valence-corrected chi connectivity index (χ0v) is 18.1. The van der Waals surface area contributed by atoms with Crippen LogP contribution in [0.15, 0.2) is 18.3 Å². The number of nitrogens with zero attached hydrogens (tertiary/aromatic N) is 4. The van der Waals surface area contributed by atoms with Gasteiger partial charge in [0, 0.05) is 19.1 Å². The number of aromatic nitrogens is 3. The molecule has 2 aliphatic rings. The lowest BCUT2D eigenvalue weighted by Crippen LogP contribution is -2.51. The molecule has 4 rings (SSSR count). The second-order valence-electron chi connectivity index (χ2n) is 8.15. The van der Waals surface area contributed by atoms with Crippen molar-refractivity contribution in [3.63, 3.8) is 0 Å². The molecule has 0 aromatic carbocycles. The fraction of sp³-hybridized carbons (Fsp3) is 0.450. The van der Waals surface area contributed by atoms with Gasteiger partial charge in [0.15, 0.2) is 5.82 Å². The van der Waals surface area contributed by atoms with Crippen molar-refractivity contribution in [1.29, 1.82) is 0 Å². The first-order chi connectivity index (χ1) is 15.5. The van der Waals surface area contributed by atoms with Gasteiger partial charge in [-0.1, -0.05) is 0 Å². The van der Waals surface area contributed by atoms with Crippen LogP contribution in [0.1, 0.15) is 31.2 Å². The summed E-state index contributed by atoms with van der Waals surface area (Å²) >= 11 is 0. The molecule has 1 atom stereocenters. The zero-order chi connectivity index (χ0) is 23.9. The topological polar surface area (TPSA) is 124 Å². The van der Waals surface area contributed by atoms with Crippen LogP contribution in [-0.2, 0) is 11.0 Å². The van der Waals surface area contributed by atoms with Gasteiger partial charge in [0.25, 0.3) is 0 Å². The van der Waals surface area contributed by atoms with E-state index in [1.165, 1.54) is 0 Å². The van der Waals surface area contributed by atoms with E-state index in [-0.39, 0.29) is 29.7 Å². The van der Waals surface area contributed by atoms with E-state index in [0.29, 0.717) is 36.0 Å². The Morgan fingerprint density at radius 2 is 1.94 bits per heavy atom. The fourth-order valence-electron chi connectivity index (χ4n) is 3.64. The molecule has 0 saturated heterocycles. The summed E-state index contributed by atoms with van der Waals surface area (Å²) in [6, 6.07) is 1.02. The molecule has 0 bridgehead atoms. The number of alkyl halides is 3. The van der Waals surface area contributed by atoms with Crippen LogP contribution in [0.2, 0.25) is 0 Å². The van der Waals surface area contributed by atoms with E-state index in [2.05, 4.69) is 36.2 Å². The maximum atomic E-state index is 12.6. The van der Waals surface area contributed by atoms with E-state index in [1.807, 2.05) is 0 Å². The third-order valence-corrected chi connectivity index (χ3v) is 5.73. The number of anilines is 4. The largest absolute Gasteiger partial charge is 0.433 e. The first kappa shape index (κ1) is 22.6. The summed E-state index contributed by atoms with van der Waals surface area (Å²) in [7, 11) is 1.80. The molecular formula is C20H23F3N8O2. The van der Waals surface area contributed by atoms with Crippen LogP contribution < -0.4 is 26.2 Å². The van der Waals surface area contributed by atoms with Crippen molar-refractivity contribution in [2.75, 3.05) is 27.9 Å². The smallest absolute Gasteiger partial charge is 0.351 e. The summed E-state index contributed by atoms with van der Waals surface area (Å²) in [5.41, 5.74) is 0.378. The molecular weight excluding hydrogens is 441 g/mol. The summed E-state index contributed by atoms with van der Waals surface area (Å²) in [6.45, 7) is 3.58. The molecule has 10 nitrogen and oxygen atoms in total. The molecule has 3 heterocycles. The highest BCUT2D eigenvalue weighted by atomic mass is 19.4. The highest BCUT2D eigenvalue weighted by Crippen LogP contribution is 2.33. The van der Waals surface area contributed by atoms with Gasteiger partial charge >= 0.3 is 12.2 Å². The van der Waals surface area contributed by atoms with Crippen LogP contribution >= 0.6 is 0 Å². The van der Waals surface area contributed by atoms with E-state index in [1.54, 1.807) is 25.8 Å². The van der Waals surface area contributed by atoms with Crippen molar-refractivity contribution in [2.24, 2.45) is 0 Å². The second-order valence-corrected chi connectivity index (χ2v) is 8.15. The number of carbonyl (C=O) groups excluding carboxylic acids is 2. The number of aryl methyl sites for hydroxylation is 1. The highest BCUT2D eigenvalue weighted by Gasteiger charge is 2.34. The van der Waals surface area contributed by atoms with E-state index in [9.17, 15) is 22.8 Å². The first-order valence-electron chi connectivity index (χ1n) is 10.3. The van der Waals surface area contributed by atoms with Crippen molar-refractivity contribution in [3.8, 4) is 0 Å². The average molecular weight is 464 g/mol. The molecule has 4 N–H and O–H groups in total. The maximum Gasteiger partial charge on any atom is 0.433 e. The molecule has 0 radical (unpaired) electrons. The number of amides is 3. The van der Waals surface area contributed by atoms with Crippen LogP contribution in [-0.4, -0.2) is 52.1 Å². The van der Waals surface area contributed by atoms with Gasteiger partial charge in [-0.3, -0.25) is 4.79 Å². The maximum absolute atomic E-state index is 12.6. The molecule has 2 aromatic rings. The number of nitrogens with one attached hydrogen (secondary N) is 4. The number of hydrogen-bond acceptors (Lipinski definition) is 7. The van der Waals surface area contributed by atoms with Crippen molar-refractivity contribution in [1.82, 2.24) is 20.3 Å². The lowest BCUT2D eigenvalue weighted by atomic mass is 9.87. The van der Waals surface area contributed by atoms with Crippen molar-refractivity contribution >= 4 is 35.1 Å². The lowest BCUT2D eigenvalue weighted by molar-refractivity contribution is -0.141. The number of likely N-dealkylation sites (N-methyl/N-ethyl adjacent to an activating group) is 1. The summed E-state index contributed by atoms with van der Waals surface area (Å²) < 4.78 is 37.7. The number of halogens is 3. The van der Waals surface area contributed by atoms with Crippen molar-refractivity contribution < 1.29 is 22.8 Å². The molecule has 176 valence electrons. The Morgan fingerprint density at radius 1 is 1.21 bits per heavy atom. The van der Waals surface area contributed by atoms with Gasteiger partial charge in [-0.25, -0.2) is 14.8 Å². The molecule has 33 heavy (non-hydrogen) atoms. The molecule has 1 aliphatic carbocycles. The predicted molar refractivity (Wildman–Crippen MR) is 115 cm³/mol. The molecule has 13 heteroatoms. The van der Waals surface area contributed by atoms with E-state index in [0.717, 1.165) is 18.3 Å². The predicted octanol–water partition coefficient (Wildman–Crippen LogP) is 2.74. The zero-order valence-electron chi connectivity index (χ0n) is 18.1. The highest BCUT2D eigenvalue weighted by molar-refractivity contribution is 6.03. The number of urea groups is 1. The summed E-state index contributed by atoms with van der Waals surface area (Å²) in [6.07, 6.45) is -2.32. The quantitative estimate of drug-likeness (QED) is 0.549. The van der Waals surface area contributed by atoms with E-state index in [4.69, 9.17) is 0 Å². The number of hydrogen-bond donors (Lipinski definition) is 4. The van der Waals surface area contributed by atoms with Gasteiger partial charge in [-0.05, 0) is 38.8 Å². The van der Waals surface area contributed by atoms with Gasteiger partial charge in [0.2, 0.25) is 11.9 Å². The number of fused-ring (bicyclic) bond motifs is 1. The number of carbonyl (C=O) groups is 2. The molecule has 3 amide bonds. The Bertz CT molecular complexity index is 1070. The van der Waals surface area contributed by atoms with Gasteiger partial charge in [-0.15, -0.1) is 0 Å². The van der Waals surface area contributed by atoms with Crippen LogP contribution in [0.25, 0.3) is 0 Å². The minimum Gasteiger partial charge on any atom is -0.351 e. The minimum atomic E-state index is -4.53. The average Bonchev–Trinajstić information content (AvgIpc) is 2.71. The van der Waals surface area contributed by atoms with E-state index >= 15 is 0 Å². The first-order valence-corrected chi connectivity index (χ1v) is 10.3. The van der Waals surface area contributed by atoms with Crippen LogP contribution in [0, 0.1) is 6.92 Å². The van der Waals surface area contributed by atoms with Gasteiger partial charge in [-0.2, -0.15) is 18.2 Å². The Kier molecular flexibility index (Phi) is 5.72. The van der Waals surface area contributed by atoms with Crippen molar-refractivity contribution in [3.05, 3.63) is 29.7 Å². The monoisotopic (exact) mass is 464 g/mol. The third kappa shape index (κ3) is 4.76. The fourth-order valence-corrected chi connectivity index (χ4v) is 3.64. The normalized spacial score (nSPS) is 22.1. The number of pyridine rings is 1. The third-order valence-electron chi connectivity index (χ3n) is 5.73. The number of rotatable bonds is 4. The minimum absolute atomic E-state index is 0.0430. The molecule has 0 spiro atoms. The van der Waals surface area contributed by atoms with Crippen LogP contribution in [0.4, 0.5) is 41.1 Å². The van der Waals surface area contributed by atoms with Gasteiger partial charge in [0.1, 0.15) is 17.4 Å². The Balaban J connectivity index is 1.28. The SMILES string of the molecule is Cc1nc(NC2CC(NC(=O)Nc3ccc(C(F)(F)F)nc3)C2)nc2c1NC(=O)C(C)N2C. The Hall–Kier alpha value is -3.64.